The van der Waals surface area contributed by atoms with Crippen LogP contribution >= 0.6 is 31.9 Å². The molecule has 0 aliphatic rings. The highest BCUT2D eigenvalue weighted by Gasteiger charge is 2.06. The molecule has 6 heteroatoms. The van der Waals surface area contributed by atoms with Crippen LogP contribution in [0.3, 0.4) is 0 Å². The van der Waals surface area contributed by atoms with Gasteiger partial charge in [-0.15, -0.1) is 0 Å². The number of halogens is 2. The van der Waals surface area contributed by atoms with E-state index in [9.17, 15) is 0 Å². The summed E-state index contributed by atoms with van der Waals surface area (Å²) in [5, 5.41) is 4.23. The second kappa shape index (κ2) is 5.38. The van der Waals surface area contributed by atoms with Crippen LogP contribution in [0.1, 0.15) is 0 Å². The van der Waals surface area contributed by atoms with Gasteiger partial charge in [0.25, 0.3) is 0 Å². The zero-order chi connectivity index (χ0) is 14.1. The number of anilines is 3. The fourth-order valence-electron chi connectivity index (χ4n) is 1.89. The van der Waals surface area contributed by atoms with Gasteiger partial charge < -0.3 is 11.1 Å². The first kappa shape index (κ1) is 13.3. The number of rotatable bonds is 2. The number of fused-ring (bicyclic) bond motifs is 1. The van der Waals surface area contributed by atoms with Crippen molar-refractivity contribution in [3.05, 3.63) is 51.7 Å². The number of hydrogen-bond acceptors (Lipinski definition) is 4. The van der Waals surface area contributed by atoms with Gasteiger partial charge in [0.05, 0.1) is 11.2 Å². The molecule has 100 valence electrons. The molecule has 2 aromatic carbocycles. The Balaban J connectivity index is 2.06. The van der Waals surface area contributed by atoms with Crippen LogP contribution in [0.25, 0.3) is 10.9 Å². The van der Waals surface area contributed by atoms with E-state index >= 15 is 0 Å². The molecule has 3 aromatic rings. The molecule has 0 radical (unpaired) electrons. The van der Waals surface area contributed by atoms with E-state index < -0.39 is 0 Å². The summed E-state index contributed by atoms with van der Waals surface area (Å²) in [7, 11) is 0. The Morgan fingerprint density at radius 2 is 1.85 bits per heavy atom. The van der Waals surface area contributed by atoms with E-state index in [0.717, 1.165) is 31.4 Å². The molecule has 4 nitrogen and oxygen atoms in total. The minimum absolute atomic E-state index is 0.687. The Morgan fingerprint density at radius 3 is 2.65 bits per heavy atom. The lowest BCUT2D eigenvalue weighted by Gasteiger charge is -2.10. The first-order chi connectivity index (χ1) is 9.63. The van der Waals surface area contributed by atoms with E-state index in [1.807, 2.05) is 36.4 Å². The molecular weight excluding hydrogens is 384 g/mol. The highest BCUT2D eigenvalue weighted by Crippen LogP contribution is 2.30. The quantitative estimate of drug-likeness (QED) is 0.630. The first-order valence-corrected chi connectivity index (χ1v) is 7.44. The largest absolute Gasteiger partial charge is 0.399 e. The van der Waals surface area contributed by atoms with Gasteiger partial charge >= 0.3 is 0 Å². The molecule has 0 saturated heterocycles. The van der Waals surface area contributed by atoms with Crippen molar-refractivity contribution in [2.45, 2.75) is 0 Å². The topological polar surface area (TPSA) is 63.8 Å². The summed E-state index contributed by atoms with van der Waals surface area (Å²) in [6.45, 7) is 0. The van der Waals surface area contributed by atoms with Gasteiger partial charge in [-0.2, -0.15) is 0 Å². The lowest BCUT2D eigenvalue weighted by atomic mass is 10.2. The summed E-state index contributed by atoms with van der Waals surface area (Å²) >= 11 is 6.96. The summed E-state index contributed by atoms with van der Waals surface area (Å²) in [5.74, 6) is 0.748. The van der Waals surface area contributed by atoms with Gasteiger partial charge in [0, 0.05) is 20.0 Å². The maximum absolute atomic E-state index is 5.77. The molecule has 3 rings (SSSR count). The van der Waals surface area contributed by atoms with Gasteiger partial charge in [0.1, 0.15) is 12.1 Å². The van der Waals surface area contributed by atoms with E-state index in [-0.39, 0.29) is 0 Å². The van der Waals surface area contributed by atoms with Gasteiger partial charge in [0.15, 0.2) is 0 Å². The highest BCUT2D eigenvalue weighted by atomic mass is 79.9. The van der Waals surface area contributed by atoms with Crippen LogP contribution < -0.4 is 11.1 Å². The standard InChI is InChI=1S/C14H10Br2N4/c15-8-1-4-12(11(16)5-8)20-14-10-3-2-9(17)6-13(10)18-7-19-14/h1-7H,17H2,(H,18,19,20). The van der Waals surface area contributed by atoms with Gasteiger partial charge in [-0.3, -0.25) is 0 Å². The number of aromatic nitrogens is 2. The van der Waals surface area contributed by atoms with Crippen molar-refractivity contribution in [3.63, 3.8) is 0 Å². The van der Waals surface area contributed by atoms with Crippen molar-refractivity contribution < 1.29 is 0 Å². The number of nitrogens with one attached hydrogen (secondary N) is 1. The molecule has 0 atom stereocenters. The van der Waals surface area contributed by atoms with E-state index in [4.69, 9.17) is 5.73 Å². The highest BCUT2D eigenvalue weighted by molar-refractivity contribution is 9.11. The van der Waals surface area contributed by atoms with Crippen LogP contribution in [-0.2, 0) is 0 Å². The summed E-state index contributed by atoms with van der Waals surface area (Å²) in [4.78, 5) is 8.53. The predicted molar refractivity (Wildman–Crippen MR) is 89.1 cm³/mol. The zero-order valence-electron chi connectivity index (χ0n) is 10.3. The SMILES string of the molecule is Nc1ccc2c(Nc3ccc(Br)cc3Br)ncnc2c1. The molecule has 0 fully saturated rings. The summed E-state index contributed by atoms with van der Waals surface area (Å²) in [6.07, 6.45) is 1.52. The fraction of sp³-hybridized carbons (Fsp3) is 0. The molecule has 0 amide bonds. The Kier molecular flexibility index (Phi) is 3.58. The molecule has 1 heterocycles. The molecule has 0 bridgehead atoms. The third-order valence-corrected chi connectivity index (χ3v) is 3.99. The second-order valence-electron chi connectivity index (χ2n) is 4.25. The number of benzene rings is 2. The number of nitrogens with zero attached hydrogens (tertiary/aromatic N) is 2. The molecule has 0 aliphatic carbocycles. The smallest absolute Gasteiger partial charge is 0.141 e. The van der Waals surface area contributed by atoms with Gasteiger partial charge in [-0.05, 0) is 52.3 Å². The van der Waals surface area contributed by atoms with Crippen LogP contribution in [0.2, 0.25) is 0 Å². The van der Waals surface area contributed by atoms with Gasteiger partial charge in [0.2, 0.25) is 0 Å². The summed E-state index contributed by atoms with van der Waals surface area (Å²) in [6, 6.07) is 11.5. The monoisotopic (exact) mass is 392 g/mol. The Hall–Kier alpha value is -1.66. The van der Waals surface area contributed by atoms with E-state index in [0.29, 0.717) is 5.69 Å². The minimum Gasteiger partial charge on any atom is -0.399 e. The van der Waals surface area contributed by atoms with Crippen molar-refractivity contribution in [2.75, 3.05) is 11.1 Å². The van der Waals surface area contributed by atoms with Crippen molar-refractivity contribution >= 4 is 60.0 Å². The van der Waals surface area contributed by atoms with Crippen LogP contribution in [-0.4, -0.2) is 9.97 Å². The molecular formula is C14H10Br2N4. The number of nitrogens with two attached hydrogens (primary N) is 1. The van der Waals surface area contributed by atoms with E-state index in [1.54, 1.807) is 0 Å². The van der Waals surface area contributed by atoms with Crippen LogP contribution in [0.4, 0.5) is 17.2 Å². The lowest BCUT2D eigenvalue weighted by Crippen LogP contribution is -1.97. The number of hydrogen-bond donors (Lipinski definition) is 2. The predicted octanol–water partition coefficient (Wildman–Crippen LogP) is 4.48. The van der Waals surface area contributed by atoms with Crippen LogP contribution in [0.5, 0.6) is 0 Å². The van der Waals surface area contributed by atoms with Gasteiger partial charge in [-0.25, -0.2) is 9.97 Å². The molecule has 1 aromatic heterocycles. The van der Waals surface area contributed by atoms with Crippen molar-refractivity contribution in [1.29, 1.82) is 0 Å². The van der Waals surface area contributed by atoms with E-state index in [1.165, 1.54) is 6.33 Å². The molecule has 0 saturated carbocycles. The molecule has 0 unspecified atom stereocenters. The van der Waals surface area contributed by atoms with Crippen molar-refractivity contribution in [3.8, 4) is 0 Å². The van der Waals surface area contributed by atoms with Crippen molar-refractivity contribution in [1.82, 2.24) is 9.97 Å². The molecule has 3 N–H and O–H groups in total. The summed E-state index contributed by atoms with van der Waals surface area (Å²) < 4.78 is 1.96. The van der Waals surface area contributed by atoms with Crippen LogP contribution in [0.15, 0.2) is 51.7 Å². The maximum atomic E-state index is 5.77. The molecule has 20 heavy (non-hydrogen) atoms. The second-order valence-corrected chi connectivity index (χ2v) is 6.02. The van der Waals surface area contributed by atoms with E-state index in [2.05, 4.69) is 47.1 Å². The molecule has 0 spiro atoms. The third-order valence-electron chi connectivity index (χ3n) is 2.84. The Morgan fingerprint density at radius 1 is 1.00 bits per heavy atom. The average Bonchev–Trinajstić information content (AvgIpc) is 2.41. The Labute approximate surface area is 132 Å². The Bertz CT molecular complexity index is 789. The fourth-order valence-corrected chi connectivity index (χ4v) is 3.04. The lowest BCUT2D eigenvalue weighted by molar-refractivity contribution is 1.22. The normalized spacial score (nSPS) is 10.7. The summed E-state index contributed by atoms with van der Waals surface area (Å²) in [5.41, 5.74) is 8.21. The van der Waals surface area contributed by atoms with Gasteiger partial charge in [-0.1, -0.05) is 15.9 Å². The molecule has 0 aliphatic heterocycles. The third kappa shape index (κ3) is 2.62. The van der Waals surface area contributed by atoms with Crippen molar-refractivity contribution in [2.24, 2.45) is 0 Å². The van der Waals surface area contributed by atoms with Crippen LogP contribution in [0, 0.1) is 0 Å². The average molecular weight is 394 g/mol. The zero-order valence-corrected chi connectivity index (χ0v) is 13.4. The minimum atomic E-state index is 0.687. The first-order valence-electron chi connectivity index (χ1n) is 5.86. The number of nitrogen functional groups attached to an aromatic ring is 1. The maximum Gasteiger partial charge on any atom is 0.141 e.